The van der Waals surface area contributed by atoms with Crippen LogP contribution in [0, 0.1) is 0 Å². The molecule has 0 radical (unpaired) electrons. The van der Waals surface area contributed by atoms with E-state index in [0.29, 0.717) is 5.92 Å². The molecule has 92 valence electrons. The molecule has 2 N–H and O–H groups in total. The lowest BCUT2D eigenvalue weighted by molar-refractivity contribution is 0.540. The quantitative estimate of drug-likeness (QED) is 0.861. The first-order valence-electron chi connectivity index (χ1n) is 6.23. The van der Waals surface area contributed by atoms with E-state index < -0.39 is 0 Å². The van der Waals surface area contributed by atoms with Crippen molar-refractivity contribution in [2.75, 3.05) is 0 Å². The van der Waals surface area contributed by atoms with E-state index in [1.165, 1.54) is 0 Å². The molecule has 2 rings (SSSR count). The number of hydrogen-bond acceptors (Lipinski definition) is 3. The van der Waals surface area contributed by atoms with E-state index in [4.69, 9.17) is 5.73 Å². The summed E-state index contributed by atoms with van der Waals surface area (Å²) in [5, 5.41) is 8.45. The van der Waals surface area contributed by atoms with E-state index in [0.717, 1.165) is 30.7 Å². The molecule has 0 saturated heterocycles. The van der Waals surface area contributed by atoms with Gasteiger partial charge in [0.15, 0.2) is 5.65 Å². The van der Waals surface area contributed by atoms with Gasteiger partial charge in [0.2, 0.25) is 0 Å². The summed E-state index contributed by atoms with van der Waals surface area (Å²) >= 11 is 0. The molecule has 0 aliphatic heterocycles. The zero-order valence-electron chi connectivity index (χ0n) is 10.5. The van der Waals surface area contributed by atoms with Crippen molar-refractivity contribution in [3.63, 3.8) is 0 Å². The van der Waals surface area contributed by atoms with Crippen LogP contribution >= 0.6 is 0 Å². The summed E-state index contributed by atoms with van der Waals surface area (Å²) in [4.78, 5) is 0. The van der Waals surface area contributed by atoms with E-state index in [9.17, 15) is 0 Å². The zero-order valence-corrected chi connectivity index (χ0v) is 10.5. The Morgan fingerprint density at radius 1 is 1.24 bits per heavy atom. The number of fused-ring (bicyclic) bond motifs is 1. The lowest BCUT2D eigenvalue weighted by Crippen LogP contribution is -2.14. The molecule has 4 heteroatoms. The molecule has 17 heavy (non-hydrogen) atoms. The third kappa shape index (κ3) is 2.82. The molecule has 0 saturated carbocycles. The molecule has 0 spiro atoms. The number of hydrogen-bond donors (Lipinski definition) is 1. The first-order valence-corrected chi connectivity index (χ1v) is 6.23. The Bertz CT molecular complexity index is 475. The van der Waals surface area contributed by atoms with Gasteiger partial charge in [0, 0.05) is 18.2 Å². The molecule has 0 aromatic carbocycles. The van der Waals surface area contributed by atoms with Gasteiger partial charge in [-0.05, 0) is 31.9 Å². The maximum Gasteiger partial charge on any atom is 0.160 e. The van der Waals surface area contributed by atoms with E-state index in [-0.39, 0.29) is 6.04 Å². The standard InChI is InChI=1S/C13H20N4/c1-10(6-5-7-11(2)14)13-16-15-12-8-3-4-9-17(12)13/h3-4,8-11H,5-7,14H2,1-2H3. The Kier molecular flexibility index (Phi) is 3.74. The summed E-state index contributed by atoms with van der Waals surface area (Å²) in [5.74, 6) is 1.47. The third-order valence-corrected chi connectivity index (χ3v) is 3.08. The van der Waals surface area contributed by atoms with Gasteiger partial charge >= 0.3 is 0 Å². The topological polar surface area (TPSA) is 56.2 Å². The highest BCUT2D eigenvalue weighted by atomic mass is 15.2. The maximum absolute atomic E-state index is 5.75. The molecule has 0 aliphatic rings. The van der Waals surface area contributed by atoms with Crippen molar-refractivity contribution in [2.24, 2.45) is 5.73 Å². The summed E-state index contributed by atoms with van der Waals surface area (Å²) in [6.07, 6.45) is 5.34. The van der Waals surface area contributed by atoms with Crippen LogP contribution in [0.3, 0.4) is 0 Å². The molecule has 2 unspecified atom stereocenters. The number of rotatable bonds is 5. The highest BCUT2D eigenvalue weighted by molar-refractivity contribution is 5.37. The zero-order chi connectivity index (χ0) is 12.3. The van der Waals surface area contributed by atoms with Crippen molar-refractivity contribution < 1.29 is 0 Å². The van der Waals surface area contributed by atoms with Gasteiger partial charge in [-0.2, -0.15) is 0 Å². The van der Waals surface area contributed by atoms with Gasteiger partial charge in [0.25, 0.3) is 0 Å². The number of nitrogens with two attached hydrogens (primary N) is 1. The highest BCUT2D eigenvalue weighted by Crippen LogP contribution is 2.20. The van der Waals surface area contributed by atoms with Gasteiger partial charge in [-0.15, -0.1) is 10.2 Å². The first kappa shape index (κ1) is 12.0. The van der Waals surface area contributed by atoms with Crippen molar-refractivity contribution in [3.05, 3.63) is 30.2 Å². The average Bonchev–Trinajstić information content (AvgIpc) is 2.72. The van der Waals surface area contributed by atoms with Crippen LogP contribution in [0.25, 0.3) is 5.65 Å². The monoisotopic (exact) mass is 232 g/mol. The van der Waals surface area contributed by atoms with E-state index in [1.54, 1.807) is 0 Å². The smallest absolute Gasteiger partial charge is 0.160 e. The van der Waals surface area contributed by atoms with Gasteiger partial charge < -0.3 is 5.73 Å². The van der Waals surface area contributed by atoms with Gasteiger partial charge in [-0.1, -0.05) is 19.4 Å². The van der Waals surface area contributed by atoms with Gasteiger partial charge in [0.1, 0.15) is 5.82 Å². The molecule has 0 amide bonds. The fourth-order valence-electron chi connectivity index (χ4n) is 2.07. The van der Waals surface area contributed by atoms with E-state index in [2.05, 4.69) is 28.4 Å². The van der Waals surface area contributed by atoms with Crippen molar-refractivity contribution in [1.29, 1.82) is 0 Å². The number of aromatic nitrogens is 3. The Balaban J connectivity index is 2.06. The summed E-state index contributed by atoms with van der Waals surface area (Å²) in [6.45, 7) is 4.25. The van der Waals surface area contributed by atoms with E-state index in [1.807, 2.05) is 24.4 Å². The van der Waals surface area contributed by atoms with Gasteiger partial charge in [-0.3, -0.25) is 4.40 Å². The van der Waals surface area contributed by atoms with Crippen molar-refractivity contribution in [1.82, 2.24) is 14.6 Å². The Labute approximate surface area is 102 Å². The second-order valence-corrected chi connectivity index (χ2v) is 4.80. The Hall–Kier alpha value is -1.42. The molecule has 2 aromatic rings. The molecular formula is C13H20N4. The fraction of sp³-hybridized carbons (Fsp3) is 0.538. The summed E-state index contributed by atoms with van der Waals surface area (Å²) < 4.78 is 2.07. The second kappa shape index (κ2) is 5.27. The molecule has 4 nitrogen and oxygen atoms in total. The molecule has 2 heterocycles. The minimum absolute atomic E-state index is 0.289. The predicted molar refractivity (Wildman–Crippen MR) is 68.9 cm³/mol. The van der Waals surface area contributed by atoms with Crippen molar-refractivity contribution >= 4 is 5.65 Å². The molecule has 2 atom stereocenters. The summed E-state index contributed by atoms with van der Waals surface area (Å²) in [6, 6.07) is 6.26. The number of pyridine rings is 1. The molecule has 2 aromatic heterocycles. The van der Waals surface area contributed by atoms with Crippen molar-refractivity contribution in [3.8, 4) is 0 Å². The first-order chi connectivity index (χ1) is 8.18. The van der Waals surface area contributed by atoms with E-state index >= 15 is 0 Å². The largest absolute Gasteiger partial charge is 0.328 e. The molecule has 0 bridgehead atoms. The minimum atomic E-state index is 0.289. The van der Waals surface area contributed by atoms with Crippen molar-refractivity contribution in [2.45, 2.75) is 45.1 Å². The number of nitrogens with zero attached hydrogens (tertiary/aromatic N) is 3. The van der Waals surface area contributed by atoms with Crippen LogP contribution in [0.5, 0.6) is 0 Å². The van der Waals surface area contributed by atoms with Gasteiger partial charge in [-0.25, -0.2) is 0 Å². The third-order valence-electron chi connectivity index (χ3n) is 3.08. The van der Waals surface area contributed by atoms with Crippen LogP contribution in [-0.2, 0) is 0 Å². The average molecular weight is 232 g/mol. The molecule has 0 aliphatic carbocycles. The molecular weight excluding hydrogens is 212 g/mol. The highest BCUT2D eigenvalue weighted by Gasteiger charge is 2.12. The SMILES string of the molecule is CC(N)CCCC(C)c1nnc2ccccn12. The maximum atomic E-state index is 5.75. The lowest BCUT2D eigenvalue weighted by atomic mass is 10.0. The summed E-state index contributed by atoms with van der Waals surface area (Å²) in [5.41, 5.74) is 6.67. The van der Waals surface area contributed by atoms with Crippen LogP contribution in [0.2, 0.25) is 0 Å². The normalized spacial score (nSPS) is 15.0. The molecule has 0 fully saturated rings. The lowest BCUT2D eigenvalue weighted by Gasteiger charge is -2.10. The second-order valence-electron chi connectivity index (χ2n) is 4.80. The minimum Gasteiger partial charge on any atom is -0.328 e. The van der Waals surface area contributed by atoms with Gasteiger partial charge in [0.05, 0.1) is 0 Å². The fourth-order valence-corrected chi connectivity index (χ4v) is 2.07. The van der Waals surface area contributed by atoms with Crippen LogP contribution in [-0.4, -0.2) is 20.6 Å². The summed E-state index contributed by atoms with van der Waals surface area (Å²) in [7, 11) is 0. The van der Waals surface area contributed by atoms with Crippen LogP contribution in [0.1, 0.15) is 44.9 Å². The Morgan fingerprint density at radius 2 is 2.06 bits per heavy atom. The predicted octanol–water partition coefficient (Wildman–Crippen LogP) is 2.35. The Morgan fingerprint density at radius 3 is 2.82 bits per heavy atom. The van der Waals surface area contributed by atoms with Crippen LogP contribution in [0.4, 0.5) is 0 Å². The van der Waals surface area contributed by atoms with Crippen LogP contribution < -0.4 is 5.73 Å². The van der Waals surface area contributed by atoms with Crippen LogP contribution in [0.15, 0.2) is 24.4 Å².